The molecule has 72 valence electrons. The van der Waals surface area contributed by atoms with Crippen molar-refractivity contribution < 1.29 is 4.79 Å². The number of nitrogens with two attached hydrogens (primary N) is 2. The van der Waals surface area contributed by atoms with Crippen LogP contribution < -0.4 is 11.5 Å². The van der Waals surface area contributed by atoms with Gasteiger partial charge in [-0.05, 0) is 18.2 Å². The van der Waals surface area contributed by atoms with Crippen molar-refractivity contribution in [3.05, 3.63) is 30.5 Å². The number of aromatic nitrogens is 1. The van der Waals surface area contributed by atoms with Crippen LogP contribution in [0.4, 0.5) is 5.69 Å². The molecular formula is C10H11N3O. The van der Waals surface area contributed by atoms with Crippen LogP contribution in [0.25, 0.3) is 10.9 Å². The molecule has 1 amide bonds. The number of carbonyl (C=O) groups excluding carboxylic acids is 1. The summed E-state index contributed by atoms with van der Waals surface area (Å²) in [5.74, 6) is -0.357. The Kier molecular flexibility index (Phi) is 1.89. The highest BCUT2D eigenvalue weighted by Crippen LogP contribution is 2.21. The van der Waals surface area contributed by atoms with Gasteiger partial charge in [0.05, 0.1) is 5.52 Å². The molecule has 4 nitrogen and oxygen atoms in total. The number of carbonyl (C=O) groups is 1. The summed E-state index contributed by atoms with van der Waals surface area (Å²) in [6.45, 7) is 0.187. The highest BCUT2D eigenvalue weighted by Gasteiger charge is 2.04. The van der Waals surface area contributed by atoms with Crippen LogP contribution in [0.2, 0.25) is 0 Å². The van der Waals surface area contributed by atoms with Crippen LogP contribution in [-0.4, -0.2) is 10.5 Å². The number of hydrogen-bond donors (Lipinski definition) is 2. The van der Waals surface area contributed by atoms with Gasteiger partial charge < -0.3 is 16.0 Å². The number of hydrogen-bond acceptors (Lipinski definition) is 2. The van der Waals surface area contributed by atoms with Crippen molar-refractivity contribution in [3.8, 4) is 0 Å². The Bertz CT molecular complexity index is 487. The van der Waals surface area contributed by atoms with Crippen LogP contribution in [0.5, 0.6) is 0 Å². The van der Waals surface area contributed by atoms with Gasteiger partial charge in [0.25, 0.3) is 0 Å². The number of anilines is 1. The molecule has 0 unspecified atom stereocenters. The summed E-state index contributed by atoms with van der Waals surface area (Å²) in [4.78, 5) is 10.8. The van der Waals surface area contributed by atoms with E-state index in [2.05, 4.69) is 0 Å². The molecule has 2 aromatic rings. The first-order valence-corrected chi connectivity index (χ1v) is 4.30. The van der Waals surface area contributed by atoms with E-state index >= 15 is 0 Å². The molecule has 0 aliphatic heterocycles. The largest absolute Gasteiger partial charge is 0.398 e. The van der Waals surface area contributed by atoms with E-state index < -0.39 is 0 Å². The van der Waals surface area contributed by atoms with Crippen molar-refractivity contribution in [2.45, 2.75) is 6.54 Å². The topological polar surface area (TPSA) is 74.0 Å². The molecule has 0 saturated heterocycles. The van der Waals surface area contributed by atoms with Crippen LogP contribution in [0.15, 0.2) is 30.5 Å². The van der Waals surface area contributed by atoms with E-state index in [1.807, 2.05) is 30.5 Å². The number of rotatable bonds is 2. The SMILES string of the molecule is NC(=O)Cn1ccc2c(N)cccc21. The second-order valence-corrected chi connectivity index (χ2v) is 3.19. The van der Waals surface area contributed by atoms with E-state index in [0.29, 0.717) is 5.69 Å². The highest BCUT2D eigenvalue weighted by molar-refractivity contribution is 5.92. The Morgan fingerprint density at radius 3 is 2.86 bits per heavy atom. The highest BCUT2D eigenvalue weighted by atomic mass is 16.1. The molecule has 0 bridgehead atoms. The van der Waals surface area contributed by atoms with Crippen molar-refractivity contribution in [1.29, 1.82) is 0 Å². The first-order valence-electron chi connectivity index (χ1n) is 4.30. The smallest absolute Gasteiger partial charge is 0.237 e. The predicted molar refractivity (Wildman–Crippen MR) is 55.5 cm³/mol. The van der Waals surface area contributed by atoms with Gasteiger partial charge in [-0.15, -0.1) is 0 Å². The van der Waals surface area contributed by atoms with Crippen LogP contribution >= 0.6 is 0 Å². The number of nitrogen functional groups attached to an aromatic ring is 1. The van der Waals surface area contributed by atoms with Crippen molar-refractivity contribution in [2.24, 2.45) is 5.73 Å². The summed E-state index contributed by atoms with van der Waals surface area (Å²) >= 11 is 0. The van der Waals surface area contributed by atoms with Gasteiger partial charge in [0.15, 0.2) is 0 Å². The van der Waals surface area contributed by atoms with Gasteiger partial charge in [-0.25, -0.2) is 0 Å². The van der Waals surface area contributed by atoms with E-state index in [4.69, 9.17) is 11.5 Å². The zero-order valence-electron chi connectivity index (χ0n) is 7.60. The minimum absolute atomic E-state index is 0.187. The monoisotopic (exact) mass is 189 g/mol. The van der Waals surface area contributed by atoms with E-state index in [1.165, 1.54) is 0 Å². The summed E-state index contributed by atoms with van der Waals surface area (Å²) in [7, 11) is 0. The van der Waals surface area contributed by atoms with Crippen molar-refractivity contribution >= 4 is 22.5 Å². The fourth-order valence-corrected chi connectivity index (χ4v) is 1.55. The first-order chi connectivity index (χ1) is 6.68. The summed E-state index contributed by atoms with van der Waals surface area (Å²) in [5, 5.41) is 0.953. The number of primary amides is 1. The average Bonchev–Trinajstić information content (AvgIpc) is 2.49. The van der Waals surface area contributed by atoms with E-state index in [-0.39, 0.29) is 12.5 Å². The summed E-state index contributed by atoms with van der Waals surface area (Å²) < 4.78 is 1.79. The van der Waals surface area contributed by atoms with Crippen LogP contribution in [0.1, 0.15) is 0 Å². The fraction of sp³-hybridized carbons (Fsp3) is 0.100. The molecule has 4 heteroatoms. The lowest BCUT2D eigenvalue weighted by atomic mass is 10.2. The lowest BCUT2D eigenvalue weighted by Crippen LogP contribution is -2.17. The first kappa shape index (κ1) is 8.62. The van der Waals surface area contributed by atoms with Gasteiger partial charge in [0.2, 0.25) is 5.91 Å². The Morgan fingerprint density at radius 2 is 2.14 bits per heavy atom. The third-order valence-corrected chi connectivity index (χ3v) is 2.17. The average molecular weight is 189 g/mol. The number of benzene rings is 1. The molecule has 0 spiro atoms. The van der Waals surface area contributed by atoms with E-state index in [9.17, 15) is 4.79 Å². The summed E-state index contributed by atoms with van der Waals surface area (Å²) in [6, 6.07) is 7.48. The fourth-order valence-electron chi connectivity index (χ4n) is 1.55. The Hall–Kier alpha value is -1.97. The number of nitrogens with zero attached hydrogens (tertiary/aromatic N) is 1. The number of amides is 1. The molecule has 0 fully saturated rings. The molecule has 0 saturated carbocycles. The van der Waals surface area contributed by atoms with Crippen molar-refractivity contribution in [2.75, 3.05) is 5.73 Å². The van der Waals surface area contributed by atoms with Gasteiger partial charge in [-0.3, -0.25) is 4.79 Å². The van der Waals surface area contributed by atoms with Crippen LogP contribution in [0.3, 0.4) is 0 Å². The quantitative estimate of drug-likeness (QED) is 0.683. The Balaban J connectivity index is 2.58. The van der Waals surface area contributed by atoms with Crippen molar-refractivity contribution in [3.63, 3.8) is 0 Å². The molecule has 4 N–H and O–H groups in total. The maximum Gasteiger partial charge on any atom is 0.237 e. The van der Waals surface area contributed by atoms with Crippen LogP contribution in [-0.2, 0) is 11.3 Å². The third kappa shape index (κ3) is 1.31. The molecule has 14 heavy (non-hydrogen) atoms. The minimum Gasteiger partial charge on any atom is -0.398 e. The molecule has 0 atom stereocenters. The van der Waals surface area contributed by atoms with Crippen molar-refractivity contribution in [1.82, 2.24) is 4.57 Å². The van der Waals surface area contributed by atoms with Gasteiger partial charge >= 0.3 is 0 Å². The molecular weight excluding hydrogens is 178 g/mol. The molecule has 2 rings (SSSR count). The lowest BCUT2D eigenvalue weighted by Gasteiger charge is -2.02. The predicted octanol–water partition coefficient (Wildman–Crippen LogP) is 0.709. The zero-order chi connectivity index (χ0) is 10.1. The Morgan fingerprint density at radius 1 is 1.36 bits per heavy atom. The minimum atomic E-state index is -0.357. The maximum absolute atomic E-state index is 10.8. The number of fused-ring (bicyclic) bond motifs is 1. The summed E-state index contributed by atoms with van der Waals surface area (Å²) in [6.07, 6.45) is 1.81. The molecule has 0 radical (unpaired) electrons. The zero-order valence-corrected chi connectivity index (χ0v) is 7.60. The Labute approximate surface area is 81.1 Å². The third-order valence-electron chi connectivity index (χ3n) is 2.17. The summed E-state index contributed by atoms with van der Waals surface area (Å²) in [5.41, 5.74) is 12.5. The van der Waals surface area contributed by atoms with E-state index in [0.717, 1.165) is 10.9 Å². The van der Waals surface area contributed by atoms with Gasteiger partial charge in [-0.1, -0.05) is 6.07 Å². The van der Waals surface area contributed by atoms with Gasteiger partial charge in [-0.2, -0.15) is 0 Å². The second-order valence-electron chi connectivity index (χ2n) is 3.19. The maximum atomic E-state index is 10.8. The molecule has 1 aromatic carbocycles. The molecule has 0 aliphatic carbocycles. The van der Waals surface area contributed by atoms with Crippen LogP contribution in [0, 0.1) is 0 Å². The molecule has 1 heterocycles. The van der Waals surface area contributed by atoms with Gasteiger partial charge in [0.1, 0.15) is 6.54 Å². The van der Waals surface area contributed by atoms with E-state index in [1.54, 1.807) is 4.57 Å². The standard InChI is InChI=1S/C10H11N3O/c11-8-2-1-3-9-7(8)4-5-13(9)6-10(12)14/h1-5H,6,11H2,(H2,12,14). The molecule has 0 aliphatic rings. The molecule has 1 aromatic heterocycles. The lowest BCUT2D eigenvalue weighted by molar-refractivity contribution is -0.118. The normalized spacial score (nSPS) is 10.6. The second kappa shape index (κ2) is 3.06. The van der Waals surface area contributed by atoms with Gasteiger partial charge in [0, 0.05) is 17.3 Å².